The van der Waals surface area contributed by atoms with Crippen LogP contribution < -0.4 is 5.73 Å². The van der Waals surface area contributed by atoms with Gasteiger partial charge in [-0.3, -0.25) is 9.80 Å². The van der Waals surface area contributed by atoms with E-state index < -0.39 is 0 Å². The van der Waals surface area contributed by atoms with E-state index >= 15 is 0 Å². The van der Waals surface area contributed by atoms with Crippen molar-refractivity contribution in [3.63, 3.8) is 0 Å². The molecule has 1 aromatic heterocycles. The van der Waals surface area contributed by atoms with Gasteiger partial charge in [0.05, 0.1) is 0 Å². The van der Waals surface area contributed by atoms with Gasteiger partial charge in [-0.25, -0.2) is 0 Å². The molecular formula is C16H27N3S. The fourth-order valence-electron chi connectivity index (χ4n) is 3.97. The highest BCUT2D eigenvalue weighted by molar-refractivity contribution is 7.12. The molecule has 0 aliphatic carbocycles. The summed E-state index contributed by atoms with van der Waals surface area (Å²) in [6.07, 6.45) is 4.03. The molecule has 3 nitrogen and oxygen atoms in total. The average Bonchev–Trinajstić information content (AvgIpc) is 2.92. The Kier molecular flexibility index (Phi) is 4.46. The van der Waals surface area contributed by atoms with Crippen molar-refractivity contribution >= 4 is 11.3 Å². The fraction of sp³-hybridized carbons (Fsp3) is 0.750. The zero-order chi connectivity index (χ0) is 14.1. The summed E-state index contributed by atoms with van der Waals surface area (Å²) in [5, 5.41) is 0. The molecule has 0 bridgehead atoms. The number of nitrogens with two attached hydrogens (primary N) is 1. The molecule has 20 heavy (non-hydrogen) atoms. The molecule has 112 valence electrons. The van der Waals surface area contributed by atoms with E-state index in [2.05, 4.69) is 29.7 Å². The van der Waals surface area contributed by atoms with Crippen LogP contribution in [-0.2, 0) is 0 Å². The van der Waals surface area contributed by atoms with Crippen molar-refractivity contribution in [2.24, 2.45) is 5.73 Å². The maximum absolute atomic E-state index is 6.15. The molecule has 2 saturated heterocycles. The van der Waals surface area contributed by atoms with E-state index in [4.69, 9.17) is 5.73 Å². The Morgan fingerprint density at radius 1 is 1.30 bits per heavy atom. The first-order valence-electron chi connectivity index (χ1n) is 7.94. The topological polar surface area (TPSA) is 32.5 Å². The van der Waals surface area contributed by atoms with Gasteiger partial charge >= 0.3 is 0 Å². The SMILES string of the molecule is Cc1cc(C(CN)N2CCCN3CCCC3C2)c(C)s1. The van der Waals surface area contributed by atoms with Crippen LogP contribution in [0.3, 0.4) is 0 Å². The lowest BCUT2D eigenvalue weighted by molar-refractivity contribution is 0.176. The molecule has 2 unspecified atom stereocenters. The molecule has 2 fully saturated rings. The minimum atomic E-state index is 0.417. The molecule has 4 heteroatoms. The molecule has 3 heterocycles. The Hall–Kier alpha value is -0.420. The van der Waals surface area contributed by atoms with E-state index in [-0.39, 0.29) is 0 Å². The van der Waals surface area contributed by atoms with Crippen molar-refractivity contribution in [3.05, 3.63) is 21.4 Å². The minimum absolute atomic E-state index is 0.417. The Morgan fingerprint density at radius 3 is 2.80 bits per heavy atom. The predicted octanol–water partition coefficient (Wildman–Crippen LogP) is 2.53. The largest absolute Gasteiger partial charge is 0.329 e. The summed E-state index contributed by atoms with van der Waals surface area (Å²) < 4.78 is 0. The molecule has 2 N–H and O–H groups in total. The van der Waals surface area contributed by atoms with Crippen molar-refractivity contribution in [1.29, 1.82) is 0 Å². The third-order valence-corrected chi connectivity index (χ3v) is 5.92. The smallest absolute Gasteiger partial charge is 0.0482 e. The summed E-state index contributed by atoms with van der Waals surface area (Å²) in [5.74, 6) is 0. The first kappa shape index (κ1) is 14.5. The van der Waals surface area contributed by atoms with Crippen LogP contribution in [0.15, 0.2) is 6.07 Å². The van der Waals surface area contributed by atoms with Gasteiger partial charge in [0.15, 0.2) is 0 Å². The van der Waals surface area contributed by atoms with Gasteiger partial charge in [-0.15, -0.1) is 11.3 Å². The quantitative estimate of drug-likeness (QED) is 0.929. The Morgan fingerprint density at radius 2 is 2.10 bits per heavy atom. The molecule has 2 aliphatic heterocycles. The van der Waals surface area contributed by atoms with E-state index in [1.807, 2.05) is 11.3 Å². The lowest BCUT2D eigenvalue weighted by Crippen LogP contribution is -2.40. The summed E-state index contributed by atoms with van der Waals surface area (Å²) in [4.78, 5) is 8.21. The Labute approximate surface area is 126 Å². The second-order valence-electron chi connectivity index (χ2n) is 6.30. The third-order valence-electron chi connectivity index (χ3n) is 4.94. The summed E-state index contributed by atoms with van der Waals surface area (Å²) >= 11 is 1.91. The van der Waals surface area contributed by atoms with E-state index in [0.29, 0.717) is 6.04 Å². The highest BCUT2D eigenvalue weighted by Crippen LogP contribution is 2.32. The van der Waals surface area contributed by atoms with Crippen LogP contribution in [-0.4, -0.2) is 48.6 Å². The van der Waals surface area contributed by atoms with Crippen LogP contribution >= 0.6 is 11.3 Å². The van der Waals surface area contributed by atoms with Crippen LogP contribution in [0.4, 0.5) is 0 Å². The van der Waals surface area contributed by atoms with Gasteiger partial charge in [-0.1, -0.05) is 0 Å². The molecule has 2 aliphatic rings. The van der Waals surface area contributed by atoms with Gasteiger partial charge in [0.2, 0.25) is 0 Å². The fourth-order valence-corrected chi connectivity index (χ4v) is 4.95. The summed E-state index contributed by atoms with van der Waals surface area (Å²) in [5.41, 5.74) is 7.62. The number of hydrogen-bond donors (Lipinski definition) is 1. The third kappa shape index (κ3) is 2.80. The summed E-state index contributed by atoms with van der Waals surface area (Å²) in [6.45, 7) is 10.2. The second-order valence-corrected chi connectivity index (χ2v) is 7.76. The molecule has 3 rings (SSSR count). The normalized spacial score (nSPS) is 26.4. The molecule has 1 aromatic rings. The van der Waals surface area contributed by atoms with Crippen molar-refractivity contribution in [2.45, 2.75) is 45.2 Å². The van der Waals surface area contributed by atoms with Crippen LogP contribution in [0.5, 0.6) is 0 Å². The monoisotopic (exact) mass is 293 g/mol. The van der Waals surface area contributed by atoms with Crippen LogP contribution in [0.2, 0.25) is 0 Å². The number of aryl methyl sites for hydroxylation is 2. The van der Waals surface area contributed by atoms with Gasteiger partial charge in [-0.2, -0.15) is 0 Å². The Bertz CT molecular complexity index is 457. The van der Waals surface area contributed by atoms with Crippen molar-refractivity contribution in [3.8, 4) is 0 Å². The molecular weight excluding hydrogens is 266 g/mol. The number of hydrogen-bond acceptors (Lipinski definition) is 4. The van der Waals surface area contributed by atoms with Gasteiger partial charge in [0.1, 0.15) is 0 Å². The van der Waals surface area contributed by atoms with Crippen LogP contribution in [0.1, 0.15) is 40.6 Å². The summed E-state index contributed by atoms with van der Waals surface area (Å²) in [6, 6.07) is 3.54. The first-order chi connectivity index (χ1) is 9.69. The lowest BCUT2D eigenvalue weighted by atomic mass is 10.0. The Balaban J connectivity index is 1.79. The highest BCUT2D eigenvalue weighted by Gasteiger charge is 2.32. The van der Waals surface area contributed by atoms with E-state index in [1.165, 1.54) is 60.8 Å². The van der Waals surface area contributed by atoms with Crippen molar-refractivity contribution in [2.75, 3.05) is 32.7 Å². The average molecular weight is 293 g/mol. The van der Waals surface area contributed by atoms with Gasteiger partial charge < -0.3 is 5.73 Å². The minimum Gasteiger partial charge on any atom is -0.329 e. The summed E-state index contributed by atoms with van der Waals surface area (Å²) in [7, 11) is 0. The number of rotatable bonds is 3. The van der Waals surface area contributed by atoms with E-state index in [1.54, 1.807) is 0 Å². The zero-order valence-corrected chi connectivity index (χ0v) is 13.6. The maximum atomic E-state index is 6.15. The number of fused-ring (bicyclic) bond motifs is 1. The van der Waals surface area contributed by atoms with Crippen LogP contribution in [0.25, 0.3) is 0 Å². The van der Waals surface area contributed by atoms with E-state index in [0.717, 1.165) is 12.6 Å². The second kappa shape index (κ2) is 6.14. The first-order valence-corrected chi connectivity index (χ1v) is 8.76. The van der Waals surface area contributed by atoms with E-state index in [9.17, 15) is 0 Å². The predicted molar refractivity (Wildman–Crippen MR) is 86.4 cm³/mol. The van der Waals surface area contributed by atoms with Gasteiger partial charge in [0, 0.05) is 41.5 Å². The molecule has 2 atom stereocenters. The maximum Gasteiger partial charge on any atom is 0.0482 e. The van der Waals surface area contributed by atoms with Gasteiger partial charge in [-0.05, 0) is 57.8 Å². The van der Waals surface area contributed by atoms with Crippen molar-refractivity contribution < 1.29 is 0 Å². The van der Waals surface area contributed by atoms with Crippen LogP contribution in [0, 0.1) is 13.8 Å². The molecule has 0 saturated carbocycles. The van der Waals surface area contributed by atoms with Gasteiger partial charge in [0.25, 0.3) is 0 Å². The number of nitrogens with zero attached hydrogens (tertiary/aromatic N) is 2. The number of thiophene rings is 1. The highest BCUT2D eigenvalue weighted by atomic mass is 32.1. The molecule has 0 radical (unpaired) electrons. The lowest BCUT2D eigenvalue weighted by Gasteiger charge is -2.32. The van der Waals surface area contributed by atoms with Crippen molar-refractivity contribution in [1.82, 2.24) is 9.80 Å². The molecule has 0 amide bonds. The standard InChI is InChI=1S/C16H27N3S/c1-12-9-15(13(2)20-12)16(10-17)19-8-4-7-18-6-3-5-14(18)11-19/h9,14,16H,3-8,10-11,17H2,1-2H3. The molecule has 0 aromatic carbocycles. The molecule has 0 spiro atoms. The zero-order valence-electron chi connectivity index (χ0n) is 12.8.